The van der Waals surface area contributed by atoms with Crippen molar-refractivity contribution in [2.45, 2.75) is 36.8 Å². The number of carboxylic acids is 1. The van der Waals surface area contributed by atoms with Crippen LogP contribution in [0.4, 0.5) is 0 Å². The molecule has 196 valence electrons. The minimum Gasteiger partial charge on any atom is -0.504 e. The van der Waals surface area contributed by atoms with Crippen molar-refractivity contribution in [1.82, 2.24) is 0 Å². The molecule has 0 spiro atoms. The van der Waals surface area contributed by atoms with Gasteiger partial charge in [-0.05, 0) is 47.5 Å². The molecule has 0 aliphatic heterocycles. The van der Waals surface area contributed by atoms with E-state index < -0.39 is 66.2 Å². The molecule has 1 aliphatic rings. The summed E-state index contributed by atoms with van der Waals surface area (Å²) in [7, 11) is 0. The van der Waals surface area contributed by atoms with Crippen LogP contribution in [-0.2, 0) is 23.9 Å². The number of esters is 2. The van der Waals surface area contributed by atoms with E-state index in [4.69, 9.17) is 9.47 Å². The van der Waals surface area contributed by atoms with E-state index in [1.807, 2.05) is 0 Å². The fourth-order valence-corrected chi connectivity index (χ4v) is 3.68. The molecule has 1 fully saturated rings. The van der Waals surface area contributed by atoms with Crippen LogP contribution in [0.3, 0.4) is 0 Å². The molecule has 1 saturated carbocycles. The van der Waals surface area contributed by atoms with Gasteiger partial charge in [0.1, 0.15) is 12.2 Å². The lowest BCUT2D eigenvalue weighted by molar-refractivity contribution is -0.207. The number of phenols is 4. The number of aliphatic hydroxyl groups excluding tert-OH is 2. The molecule has 7 N–H and O–H groups in total. The van der Waals surface area contributed by atoms with Crippen LogP contribution in [0.2, 0.25) is 0 Å². The summed E-state index contributed by atoms with van der Waals surface area (Å²) in [5.74, 6) is -5.41. The summed E-state index contributed by atoms with van der Waals surface area (Å²) in [6.07, 6.45) is -2.09. The minimum atomic E-state index is -2.34. The molecule has 0 aromatic heterocycles. The second-order valence-corrected chi connectivity index (χ2v) is 8.33. The number of rotatable bonds is 7. The molecule has 3 rings (SSSR count). The van der Waals surface area contributed by atoms with E-state index in [1.54, 1.807) is 0 Å². The van der Waals surface area contributed by atoms with E-state index in [-0.39, 0.29) is 17.1 Å². The number of aliphatic hydroxyl groups is 2. The zero-order chi connectivity index (χ0) is 27.3. The van der Waals surface area contributed by atoms with Crippen LogP contribution in [0.25, 0.3) is 12.2 Å². The van der Waals surface area contributed by atoms with Crippen molar-refractivity contribution in [3.05, 3.63) is 59.7 Å². The summed E-state index contributed by atoms with van der Waals surface area (Å²) in [4.78, 5) is 36.7. The molecule has 0 amide bonds. The molecule has 12 heteroatoms. The van der Waals surface area contributed by atoms with Gasteiger partial charge in [-0.3, -0.25) is 0 Å². The Morgan fingerprint density at radius 3 is 1.78 bits per heavy atom. The number of aliphatic carboxylic acids is 1. The summed E-state index contributed by atoms with van der Waals surface area (Å²) in [5.41, 5.74) is -1.73. The number of phenolic OH excluding ortho intramolecular Hbond substituents is 4. The summed E-state index contributed by atoms with van der Waals surface area (Å²) in [6, 6.07) is 7.44. The normalized spacial score (nSPS) is 23.7. The average molecular weight is 516 g/mol. The lowest BCUT2D eigenvalue weighted by Crippen LogP contribution is -2.58. The first-order valence-corrected chi connectivity index (χ1v) is 10.8. The molecule has 2 aromatic rings. The number of aromatic hydroxyl groups is 4. The highest BCUT2D eigenvalue weighted by Gasteiger charge is 2.54. The Bertz CT molecular complexity index is 1250. The van der Waals surface area contributed by atoms with Gasteiger partial charge in [-0.15, -0.1) is 0 Å². The SMILES string of the molecule is O=C(/C=C/c1ccc(O)c(O)c1)OC1C[C@@](OC(=O)/C=C/c2ccc(O)c(O)c2)(C(=O)O)C[C@@H](O)[C@@H]1O. The van der Waals surface area contributed by atoms with Crippen molar-refractivity contribution in [3.8, 4) is 23.0 Å². The molecule has 0 radical (unpaired) electrons. The first-order valence-electron chi connectivity index (χ1n) is 10.8. The Hall–Kier alpha value is -4.55. The Kier molecular flexibility index (Phi) is 8.05. The van der Waals surface area contributed by atoms with E-state index in [0.717, 1.165) is 18.2 Å². The smallest absolute Gasteiger partial charge is 0.348 e. The van der Waals surface area contributed by atoms with Crippen LogP contribution in [0, 0.1) is 0 Å². The molecular weight excluding hydrogens is 492 g/mol. The van der Waals surface area contributed by atoms with Gasteiger partial charge >= 0.3 is 17.9 Å². The second-order valence-electron chi connectivity index (χ2n) is 8.33. The van der Waals surface area contributed by atoms with Crippen molar-refractivity contribution in [1.29, 1.82) is 0 Å². The Morgan fingerprint density at radius 2 is 1.30 bits per heavy atom. The summed E-state index contributed by atoms with van der Waals surface area (Å²) < 4.78 is 10.2. The standard InChI is InChI=1S/C25H24O12/c26-15-5-1-13(9-17(15)28)3-7-21(31)36-20-12-25(24(34)35,11-19(30)23(20)33)37-22(32)8-4-14-2-6-16(27)18(29)10-14/h1-10,19-20,23,26-30,33H,11-12H2,(H,34,35)/b7-3+,8-4+/t19-,20?,23+,25-/m1/s1. The van der Waals surface area contributed by atoms with Crippen molar-refractivity contribution < 1.29 is 59.6 Å². The largest absolute Gasteiger partial charge is 0.504 e. The number of hydrogen-bond acceptors (Lipinski definition) is 11. The van der Waals surface area contributed by atoms with Gasteiger partial charge in [-0.2, -0.15) is 0 Å². The maximum absolute atomic E-state index is 12.4. The molecule has 0 saturated heterocycles. The maximum atomic E-state index is 12.4. The molecule has 2 aromatic carbocycles. The number of benzene rings is 2. The molecule has 4 atom stereocenters. The van der Waals surface area contributed by atoms with E-state index in [0.29, 0.717) is 5.56 Å². The Balaban J connectivity index is 1.73. The zero-order valence-corrected chi connectivity index (χ0v) is 19.1. The predicted octanol–water partition coefficient (Wildman–Crippen LogP) is 1.03. The molecular formula is C25H24O12. The second kappa shape index (κ2) is 11.0. The fourth-order valence-electron chi connectivity index (χ4n) is 3.68. The highest BCUT2D eigenvalue weighted by atomic mass is 16.6. The van der Waals surface area contributed by atoms with E-state index in [2.05, 4.69) is 0 Å². The fraction of sp³-hybridized carbons (Fsp3) is 0.240. The maximum Gasteiger partial charge on any atom is 0.348 e. The molecule has 0 bridgehead atoms. The minimum absolute atomic E-state index is 0.288. The van der Waals surface area contributed by atoms with Gasteiger partial charge in [0.15, 0.2) is 23.0 Å². The number of carbonyl (C=O) groups excluding carboxylic acids is 2. The molecule has 1 aliphatic carbocycles. The zero-order valence-electron chi connectivity index (χ0n) is 19.1. The lowest BCUT2D eigenvalue weighted by Gasteiger charge is -2.41. The summed E-state index contributed by atoms with van der Waals surface area (Å²) >= 11 is 0. The topological polar surface area (TPSA) is 211 Å². The van der Waals surface area contributed by atoms with E-state index in [1.165, 1.54) is 42.5 Å². The van der Waals surface area contributed by atoms with Crippen molar-refractivity contribution in [2.24, 2.45) is 0 Å². The number of hydrogen-bond donors (Lipinski definition) is 7. The van der Waals surface area contributed by atoms with Crippen LogP contribution in [0.5, 0.6) is 23.0 Å². The van der Waals surface area contributed by atoms with E-state index >= 15 is 0 Å². The number of ether oxygens (including phenoxy) is 2. The van der Waals surface area contributed by atoms with Crippen LogP contribution < -0.4 is 0 Å². The first-order chi connectivity index (χ1) is 17.4. The van der Waals surface area contributed by atoms with Gasteiger partial charge in [0, 0.05) is 25.0 Å². The third-order valence-corrected chi connectivity index (χ3v) is 5.62. The third-order valence-electron chi connectivity index (χ3n) is 5.62. The number of carbonyl (C=O) groups is 3. The van der Waals surface area contributed by atoms with Crippen LogP contribution in [0.1, 0.15) is 24.0 Å². The van der Waals surface area contributed by atoms with Crippen LogP contribution >= 0.6 is 0 Å². The van der Waals surface area contributed by atoms with Gasteiger partial charge in [-0.25, -0.2) is 14.4 Å². The van der Waals surface area contributed by atoms with Crippen molar-refractivity contribution in [3.63, 3.8) is 0 Å². The number of carboxylic acid groups (broad SMARTS) is 1. The van der Waals surface area contributed by atoms with Crippen molar-refractivity contribution in [2.75, 3.05) is 0 Å². The van der Waals surface area contributed by atoms with Gasteiger partial charge < -0.3 is 45.2 Å². The summed E-state index contributed by atoms with van der Waals surface area (Å²) in [5, 5.41) is 68.0. The highest BCUT2D eigenvalue weighted by Crippen LogP contribution is 2.35. The summed E-state index contributed by atoms with van der Waals surface area (Å²) in [6.45, 7) is 0. The van der Waals surface area contributed by atoms with Gasteiger partial charge in [0.2, 0.25) is 5.60 Å². The van der Waals surface area contributed by atoms with Crippen LogP contribution in [-0.4, -0.2) is 77.6 Å². The van der Waals surface area contributed by atoms with Gasteiger partial charge in [0.25, 0.3) is 0 Å². The lowest BCUT2D eigenvalue weighted by atomic mass is 9.79. The average Bonchev–Trinajstić information content (AvgIpc) is 2.83. The Labute approximate surface area is 209 Å². The first kappa shape index (κ1) is 27.0. The Morgan fingerprint density at radius 1 is 0.784 bits per heavy atom. The molecule has 37 heavy (non-hydrogen) atoms. The van der Waals surface area contributed by atoms with Crippen LogP contribution in [0.15, 0.2) is 48.6 Å². The predicted molar refractivity (Wildman–Crippen MR) is 125 cm³/mol. The quantitative estimate of drug-likeness (QED) is 0.156. The van der Waals surface area contributed by atoms with E-state index in [9.17, 15) is 50.1 Å². The molecule has 12 nitrogen and oxygen atoms in total. The van der Waals surface area contributed by atoms with Crippen molar-refractivity contribution >= 4 is 30.1 Å². The highest BCUT2D eigenvalue weighted by molar-refractivity contribution is 5.91. The molecule has 1 unspecified atom stereocenters. The molecule has 0 heterocycles. The monoisotopic (exact) mass is 516 g/mol. The third kappa shape index (κ3) is 6.57. The van der Waals surface area contributed by atoms with Gasteiger partial charge in [0.05, 0.1) is 6.10 Å². The van der Waals surface area contributed by atoms with Gasteiger partial charge in [-0.1, -0.05) is 12.1 Å².